The maximum Gasteiger partial charge on any atom is 0.420 e. The van der Waals surface area contributed by atoms with E-state index in [1.807, 2.05) is 29.5 Å². The third kappa shape index (κ3) is 4.63. The van der Waals surface area contributed by atoms with Gasteiger partial charge < -0.3 is 4.74 Å². The number of ether oxygens (including phenoxy) is 1. The van der Waals surface area contributed by atoms with Crippen molar-refractivity contribution in [2.45, 2.75) is 33.3 Å². The fraction of sp³-hybridized carbons (Fsp3) is 0.294. The molecule has 0 bridgehead atoms. The number of halogens is 2. The molecule has 0 spiro atoms. The summed E-state index contributed by atoms with van der Waals surface area (Å²) in [7, 11) is 0. The first-order valence-corrected chi connectivity index (χ1v) is 8.16. The van der Waals surface area contributed by atoms with Crippen molar-refractivity contribution in [3.05, 3.63) is 51.5 Å². The van der Waals surface area contributed by atoms with Crippen LogP contribution in [0.1, 0.15) is 26.3 Å². The third-order valence-corrected chi connectivity index (χ3v) is 3.53. The molecule has 1 aromatic heterocycles. The first-order chi connectivity index (χ1) is 10.7. The zero-order valence-electron chi connectivity index (χ0n) is 13.4. The van der Waals surface area contributed by atoms with Gasteiger partial charge in [0.2, 0.25) is 0 Å². The number of rotatable bonds is 2. The Labute approximate surface area is 148 Å². The fourth-order valence-electron chi connectivity index (χ4n) is 1.93. The summed E-state index contributed by atoms with van der Waals surface area (Å²) < 4.78 is 20.6. The monoisotopic (exact) mass is 428 g/mol. The Bertz CT molecular complexity index is 729. The average Bonchev–Trinajstić information content (AvgIpc) is 2.39. The van der Waals surface area contributed by atoms with Crippen molar-refractivity contribution in [3.8, 4) is 0 Å². The van der Waals surface area contributed by atoms with Crippen LogP contribution in [-0.4, -0.2) is 16.7 Å². The third-order valence-electron chi connectivity index (χ3n) is 2.86. The second-order valence-electron chi connectivity index (χ2n) is 6.10. The molecule has 0 saturated heterocycles. The molecule has 122 valence electrons. The molecule has 4 nitrogen and oxygen atoms in total. The normalized spacial score (nSPS) is 11.2. The smallest absolute Gasteiger partial charge is 0.420 e. The van der Waals surface area contributed by atoms with Crippen molar-refractivity contribution < 1.29 is 13.9 Å². The Kier molecular flexibility index (Phi) is 5.23. The van der Waals surface area contributed by atoms with Crippen LogP contribution in [-0.2, 0) is 4.74 Å². The number of pyridine rings is 1. The quantitative estimate of drug-likeness (QED) is 0.617. The molecule has 0 atom stereocenters. The van der Waals surface area contributed by atoms with Gasteiger partial charge in [0.1, 0.15) is 17.2 Å². The molecule has 0 saturated carbocycles. The molecule has 23 heavy (non-hydrogen) atoms. The van der Waals surface area contributed by atoms with Crippen molar-refractivity contribution in [1.82, 2.24) is 4.98 Å². The van der Waals surface area contributed by atoms with Gasteiger partial charge >= 0.3 is 6.09 Å². The summed E-state index contributed by atoms with van der Waals surface area (Å²) in [6.45, 7) is 7.16. The molecule has 6 heteroatoms. The predicted molar refractivity (Wildman–Crippen MR) is 96.5 cm³/mol. The van der Waals surface area contributed by atoms with E-state index >= 15 is 0 Å². The van der Waals surface area contributed by atoms with Crippen LogP contribution in [0.2, 0.25) is 0 Å². The molecule has 1 amide bonds. The number of aromatic nitrogens is 1. The van der Waals surface area contributed by atoms with E-state index in [0.29, 0.717) is 5.82 Å². The molecule has 2 aromatic rings. The molecule has 0 unspecified atom stereocenters. The lowest BCUT2D eigenvalue weighted by atomic mass is 10.2. The van der Waals surface area contributed by atoms with Crippen LogP contribution in [0.5, 0.6) is 0 Å². The highest BCUT2D eigenvalue weighted by Crippen LogP contribution is 2.30. The van der Waals surface area contributed by atoms with Crippen LogP contribution in [0.4, 0.5) is 20.7 Å². The first-order valence-electron chi connectivity index (χ1n) is 7.08. The molecule has 1 heterocycles. The number of carbonyl (C=O) groups is 1. The Morgan fingerprint density at radius 2 is 1.96 bits per heavy atom. The summed E-state index contributed by atoms with van der Waals surface area (Å²) in [5.74, 6) is -0.189. The maximum atomic E-state index is 14.4. The molecule has 0 aliphatic heterocycles. The largest absolute Gasteiger partial charge is 0.443 e. The van der Waals surface area contributed by atoms with Crippen LogP contribution in [0.25, 0.3) is 0 Å². The number of benzene rings is 1. The van der Waals surface area contributed by atoms with E-state index in [2.05, 4.69) is 4.98 Å². The molecule has 1 aromatic carbocycles. The minimum atomic E-state index is -0.696. The van der Waals surface area contributed by atoms with Gasteiger partial charge in [-0.2, -0.15) is 0 Å². The topological polar surface area (TPSA) is 42.4 Å². The van der Waals surface area contributed by atoms with E-state index in [0.717, 1.165) is 14.0 Å². The minimum absolute atomic E-state index is 0.109. The number of amides is 1. The number of aryl methyl sites for hydroxylation is 1. The van der Waals surface area contributed by atoms with E-state index in [-0.39, 0.29) is 5.69 Å². The van der Waals surface area contributed by atoms with Gasteiger partial charge in [-0.3, -0.25) is 0 Å². The highest BCUT2D eigenvalue weighted by atomic mass is 127. The lowest BCUT2D eigenvalue weighted by Crippen LogP contribution is -2.34. The summed E-state index contributed by atoms with van der Waals surface area (Å²) in [5, 5.41) is 0. The van der Waals surface area contributed by atoms with E-state index in [4.69, 9.17) is 4.74 Å². The Morgan fingerprint density at radius 1 is 1.26 bits per heavy atom. The number of nitrogens with zero attached hydrogens (tertiary/aromatic N) is 2. The second-order valence-corrected chi connectivity index (χ2v) is 7.35. The van der Waals surface area contributed by atoms with Crippen LogP contribution >= 0.6 is 22.6 Å². The number of hydrogen-bond donors (Lipinski definition) is 0. The van der Waals surface area contributed by atoms with Crippen molar-refractivity contribution >= 4 is 40.2 Å². The zero-order valence-corrected chi connectivity index (χ0v) is 15.6. The lowest BCUT2D eigenvalue weighted by molar-refractivity contribution is 0.0597. The van der Waals surface area contributed by atoms with E-state index in [1.165, 1.54) is 6.07 Å². The van der Waals surface area contributed by atoms with Gasteiger partial charge in [0.25, 0.3) is 0 Å². The van der Waals surface area contributed by atoms with Crippen LogP contribution in [0.3, 0.4) is 0 Å². The van der Waals surface area contributed by atoms with Crippen molar-refractivity contribution in [3.63, 3.8) is 0 Å². The minimum Gasteiger partial charge on any atom is -0.443 e. The molecule has 0 aliphatic carbocycles. The van der Waals surface area contributed by atoms with Gasteiger partial charge in [-0.1, -0.05) is 0 Å². The molecule has 2 rings (SSSR count). The van der Waals surface area contributed by atoms with Gasteiger partial charge in [-0.05, 0) is 86.2 Å². The molecular formula is C17H18FIN2O2. The molecule has 0 N–H and O–H groups in total. The summed E-state index contributed by atoms with van der Waals surface area (Å²) in [6, 6.07) is 8.16. The Hall–Kier alpha value is -1.70. The van der Waals surface area contributed by atoms with Crippen molar-refractivity contribution in [1.29, 1.82) is 0 Å². The SMILES string of the molecule is Cc1ccnc(N(C(=O)OC(C)(C)C)c2ccc(I)cc2F)c1. The molecule has 0 radical (unpaired) electrons. The van der Waals surface area contributed by atoms with Gasteiger partial charge in [0.05, 0.1) is 5.69 Å². The van der Waals surface area contributed by atoms with Gasteiger partial charge in [0.15, 0.2) is 0 Å². The van der Waals surface area contributed by atoms with Gasteiger partial charge in [0, 0.05) is 9.77 Å². The van der Waals surface area contributed by atoms with Crippen molar-refractivity contribution in [2.75, 3.05) is 4.90 Å². The van der Waals surface area contributed by atoms with E-state index < -0.39 is 17.5 Å². The summed E-state index contributed by atoms with van der Waals surface area (Å²) >= 11 is 2.01. The summed E-state index contributed by atoms with van der Waals surface area (Å²) in [4.78, 5) is 17.9. The Morgan fingerprint density at radius 3 is 2.52 bits per heavy atom. The first kappa shape index (κ1) is 17.7. The fourth-order valence-corrected chi connectivity index (χ4v) is 2.38. The standard InChI is InChI=1S/C17H18FIN2O2/c1-11-7-8-20-15(9-11)21(16(22)23-17(2,3)4)14-6-5-12(19)10-13(14)18/h5-10H,1-4H3. The molecular weight excluding hydrogens is 410 g/mol. The number of anilines is 2. The van der Waals surface area contributed by atoms with Gasteiger partial charge in [-0.25, -0.2) is 19.1 Å². The van der Waals surface area contributed by atoms with E-state index in [9.17, 15) is 9.18 Å². The molecule has 0 aliphatic rings. The molecule has 0 fully saturated rings. The summed E-state index contributed by atoms with van der Waals surface area (Å²) in [6.07, 6.45) is 0.905. The van der Waals surface area contributed by atoms with Crippen LogP contribution in [0, 0.1) is 16.3 Å². The van der Waals surface area contributed by atoms with Crippen molar-refractivity contribution in [2.24, 2.45) is 0 Å². The average molecular weight is 428 g/mol. The zero-order chi connectivity index (χ0) is 17.2. The van der Waals surface area contributed by atoms with E-state index in [1.54, 1.807) is 51.2 Å². The lowest BCUT2D eigenvalue weighted by Gasteiger charge is -2.27. The Balaban J connectivity index is 2.53. The maximum absolute atomic E-state index is 14.4. The van der Waals surface area contributed by atoms with Crippen LogP contribution < -0.4 is 4.90 Å². The highest BCUT2D eigenvalue weighted by molar-refractivity contribution is 14.1. The van der Waals surface area contributed by atoms with Gasteiger partial charge in [-0.15, -0.1) is 0 Å². The summed E-state index contributed by atoms with van der Waals surface area (Å²) in [5.41, 5.74) is 0.325. The number of hydrogen-bond acceptors (Lipinski definition) is 3. The predicted octanol–water partition coefficient (Wildman–Crippen LogP) is 5.21. The highest BCUT2D eigenvalue weighted by Gasteiger charge is 2.27. The van der Waals surface area contributed by atoms with Crippen LogP contribution in [0.15, 0.2) is 36.5 Å². The second kappa shape index (κ2) is 6.82. The number of carbonyl (C=O) groups excluding carboxylic acids is 1.